The smallest absolute Gasteiger partial charge is 0.258 e. The minimum Gasteiger partial charge on any atom is -0.379 e. The van der Waals surface area contributed by atoms with Gasteiger partial charge >= 0.3 is 0 Å². The van der Waals surface area contributed by atoms with Crippen LogP contribution in [0.1, 0.15) is 15.9 Å². The molecule has 126 valence electrons. The van der Waals surface area contributed by atoms with Crippen molar-refractivity contribution in [1.82, 2.24) is 4.90 Å². The number of nitrogens with zero attached hydrogens (tertiary/aromatic N) is 1. The van der Waals surface area contributed by atoms with Crippen LogP contribution in [0.2, 0.25) is 0 Å². The third kappa shape index (κ3) is 4.15. The van der Waals surface area contributed by atoms with Gasteiger partial charge in [-0.1, -0.05) is 12.1 Å². The Morgan fingerprint density at radius 2 is 1.79 bits per heavy atom. The van der Waals surface area contributed by atoms with Crippen LogP contribution >= 0.6 is 0 Å². The molecule has 0 saturated carbocycles. The molecule has 1 aliphatic rings. The second-order valence-electron chi connectivity index (χ2n) is 5.66. The van der Waals surface area contributed by atoms with Crippen molar-refractivity contribution >= 4 is 11.6 Å². The molecular formula is C18H18F2N2O2. The molecule has 0 bridgehead atoms. The highest BCUT2D eigenvalue weighted by Gasteiger charge is 2.13. The van der Waals surface area contributed by atoms with Gasteiger partial charge in [0.05, 0.1) is 18.8 Å². The van der Waals surface area contributed by atoms with Crippen LogP contribution < -0.4 is 5.32 Å². The second kappa shape index (κ2) is 7.51. The molecule has 0 atom stereocenters. The SMILES string of the molecule is O=C(Nc1ccc(CN2CCOCC2)cc1)c1ccc(F)cc1F. The molecule has 1 saturated heterocycles. The first-order valence-corrected chi connectivity index (χ1v) is 7.77. The first-order chi connectivity index (χ1) is 11.6. The minimum absolute atomic E-state index is 0.186. The molecule has 0 spiro atoms. The van der Waals surface area contributed by atoms with E-state index in [0.29, 0.717) is 11.8 Å². The van der Waals surface area contributed by atoms with Crippen LogP contribution in [0.3, 0.4) is 0 Å². The molecule has 3 rings (SSSR count). The van der Waals surface area contributed by atoms with E-state index in [2.05, 4.69) is 10.2 Å². The van der Waals surface area contributed by atoms with Gasteiger partial charge < -0.3 is 10.1 Å². The maximum atomic E-state index is 13.6. The Kier molecular flexibility index (Phi) is 5.17. The van der Waals surface area contributed by atoms with Gasteiger partial charge in [-0.2, -0.15) is 0 Å². The summed E-state index contributed by atoms with van der Waals surface area (Å²) in [7, 11) is 0. The fourth-order valence-corrected chi connectivity index (χ4v) is 2.58. The van der Waals surface area contributed by atoms with Crippen LogP contribution in [-0.2, 0) is 11.3 Å². The van der Waals surface area contributed by atoms with Gasteiger partial charge in [0.1, 0.15) is 11.6 Å². The number of hydrogen-bond donors (Lipinski definition) is 1. The molecule has 1 aliphatic heterocycles. The number of benzene rings is 2. The molecule has 2 aromatic rings. The molecule has 1 heterocycles. The molecule has 0 unspecified atom stereocenters. The monoisotopic (exact) mass is 332 g/mol. The Morgan fingerprint density at radius 1 is 1.08 bits per heavy atom. The summed E-state index contributed by atoms with van der Waals surface area (Å²) in [6.45, 7) is 4.13. The van der Waals surface area contributed by atoms with Gasteiger partial charge in [0, 0.05) is 31.4 Å². The van der Waals surface area contributed by atoms with Crippen molar-refractivity contribution in [3.05, 3.63) is 65.2 Å². The first kappa shape index (κ1) is 16.5. The second-order valence-corrected chi connectivity index (χ2v) is 5.66. The number of anilines is 1. The number of rotatable bonds is 4. The van der Waals surface area contributed by atoms with Crippen molar-refractivity contribution in [2.24, 2.45) is 0 Å². The van der Waals surface area contributed by atoms with Crippen molar-refractivity contribution < 1.29 is 18.3 Å². The molecule has 0 radical (unpaired) electrons. The fraction of sp³-hybridized carbons (Fsp3) is 0.278. The topological polar surface area (TPSA) is 41.6 Å². The van der Waals surface area contributed by atoms with E-state index in [-0.39, 0.29) is 5.56 Å². The summed E-state index contributed by atoms with van der Waals surface area (Å²) in [6, 6.07) is 10.3. The van der Waals surface area contributed by atoms with Crippen LogP contribution in [0.4, 0.5) is 14.5 Å². The Bertz CT molecular complexity index is 713. The summed E-state index contributed by atoms with van der Waals surface area (Å²) in [5.41, 5.74) is 1.51. The van der Waals surface area contributed by atoms with Gasteiger partial charge in [-0.05, 0) is 29.8 Å². The van der Waals surface area contributed by atoms with E-state index in [4.69, 9.17) is 4.74 Å². The molecule has 0 aromatic heterocycles. The van der Waals surface area contributed by atoms with E-state index in [9.17, 15) is 13.6 Å². The fourth-order valence-electron chi connectivity index (χ4n) is 2.58. The number of morpholine rings is 1. The number of carbonyl (C=O) groups excluding carboxylic acids is 1. The van der Waals surface area contributed by atoms with Crippen molar-refractivity contribution in [1.29, 1.82) is 0 Å². The van der Waals surface area contributed by atoms with Crippen LogP contribution in [0.15, 0.2) is 42.5 Å². The Morgan fingerprint density at radius 3 is 2.46 bits per heavy atom. The van der Waals surface area contributed by atoms with Crippen LogP contribution in [-0.4, -0.2) is 37.1 Å². The number of hydrogen-bond acceptors (Lipinski definition) is 3. The maximum Gasteiger partial charge on any atom is 0.258 e. The zero-order valence-electron chi connectivity index (χ0n) is 13.1. The van der Waals surface area contributed by atoms with Crippen LogP contribution in [0, 0.1) is 11.6 Å². The Hall–Kier alpha value is -2.31. The summed E-state index contributed by atoms with van der Waals surface area (Å²) < 4.78 is 31.8. The molecule has 24 heavy (non-hydrogen) atoms. The highest BCUT2D eigenvalue weighted by molar-refractivity contribution is 6.04. The molecule has 1 amide bonds. The van der Waals surface area contributed by atoms with E-state index in [1.165, 1.54) is 0 Å². The lowest BCUT2D eigenvalue weighted by Gasteiger charge is -2.26. The van der Waals surface area contributed by atoms with Crippen molar-refractivity contribution in [3.63, 3.8) is 0 Å². The zero-order chi connectivity index (χ0) is 16.9. The quantitative estimate of drug-likeness (QED) is 0.936. The summed E-state index contributed by atoms with van der Waals surface area (Å²) >= 11 is 0. The molecule has 2 aromatic carbocycles. The van der Waals surface area contributed by atoms with Gasteiger partial charge in [0.25, 0.3) is 5.91 Å². The lowest BCUT2D eigenvalue weighted by atomic mass is 10.1. The standard InChI is InChI=1S/C18H18F2N2O2/c19-14-3-6-16(17(20)11-14)18(23)21-15-4-1-13(2-5-15)12-22-7-9-24-10-8-22/h1-6,11H,7-10,12H2,(H,21,23). The van der Waals surface area contributed by atoms with Crippen LogP contribution in [0.25, 0.3) is 0 Å². The predicted molar refractivity (Wildman–Crippen MR) is 86.8 cm³/mol. The molecule has 1 N–H and O–H groups in total. The normalized spacial score (nSPS) is 15.2. The van der Waals surface area contributed by atoms with Gasteiger partial charge in [-0.3, -0.25) is 9.69 Å². The Labute approximate surface area is 139 Å². The van der Waals surface area contributed by atoms with E-state index in [0.717, 1.165) is 50.5 Å². The number of amides is 1. The number of ether oxygens (including phenoxy) is 1. The molecule has 1 fully saturated rings. The maximum absolute atomic E-state index is 13.6. The van der Waals surface area contributed by atoms with Crippen molar-refractivity contribution in [2.45, 2.75) is 6.54 Å². The predicted octanol–water partition coefficient (Wildman–Crippen LogP) is 3.05. The van der Waals surface area contributed by atoms with Crippen molar-refractivity contribution in [2.75, 3.05) is 31.6 Å². The molecular weight excluding hydrogens is 314 g/mol. The lowest BCUT2D eigenvalue weighted by Crippen LogP contribution is -2.35. The summed E-state index contributed by atoms with van der Waals surface area (Å²) in [5.74, 6) is -2.19. The van der Waals surface area contributed by atoms with Crippen molar-refractivity contribution in [3.8, 4) is 0 Å². The minimum atomic E-state index is -0.878. The van der Waals surface area contributed by atoms with Gasteiger partial charge in [0.2, 0.25) is 0 Å². The van der Waals surface area contributed by atoms with E-state index in [1.807, 2.05) is 12.1 Å². The highest BCUT2D eigenvalue weighted by Crippen LogP contribution is 2.15. The van der Waals surface area contributed by atoms with Gasteiger partial charge in [0.15, 0.2) is 0 Å². The highest BCUT2D eigenvalue weighted by atomic mass is 19.1. The Balaban J connectivity index is 1.62. The first-order valence-electron chi connectivity index (χ1n) is 7.77. The summed E-state index contributed by atoms with van der Waals surface area (Å²) in [4.78, 5) is 14.3. The summed E-state index contributed by atoms with van der Waals surface area (Å²) in [6.07, 6.45) is 0. The van der Waals surface area contributed by atoms with Gasteiger partial charge in [-0.25, -0.2) is 8.78 Å². The number of nitrogens with one attached hydrogen (secondary N) is 1. The van der Waals surface area contributed by atoms with Gasteiger partial charge in [-0.15, -0.1) is 0 Å². The zero-order valence-corrected chi connectivity index (χ0v) is 13.1. The lowest BCUT2D eigenvalue weighted by molar-refractivity contribution is 0.0342. The largest absolute Gasteiger partial charge is 0.379 e. The number of carbonyl (C=O) groups is 1. The molecule has 4 nitrogen and oxygen atoms in total. The molecule has 6 heteroatoms. The van der Waals surface area contributed by atoms with Crippen LogP contribution in [0.5, 0.6) is 0 Å². The third-order valence-electron chi connectivity index (χ3n) is 3.90. The van der Waals surface area contributed by atoms with E-state index >= 15 is 0 Å². The average Bonchev–Trinajstić information content (AvgIpc) is 2.57. The summed E-state index contributed by atoms with van der Waals surface area (Å²) in [5, 5.41) is 2.61. The third-order valence-corrected chi connectivity index (χ3v) is 3.90. The van der Waals surface area contributed by atoms with E-state index in [1.54, 1.807) is 12.1 Å². The van der Waals surface area contributed by atoms with E-state index < -0.39 is 17.5 Å². The molecule has 0 aliphatic carbocycles. The number of halogens is 2. The average molecular weight is 332 g/mol.